The fraction of sp³-hybridized carbons (Fsp3) is 0.929. The van der Waals surface area contributed by atoms with E-state index >= 15 is 0 Å². The van der Waals surface area contributed by atoms with E-state index in [-0.39, 0.29) is 0 Å². The first kappa shape index (κ1) is 14.0. The molecule has 0 amide bonds. The van der Waals surface area contributed by atoms with E-state index in [0.29, 0.717) is 0 Å². The third-order valence-corrected chi connectivity index (χ3v) is 3.03. The molecule has 1 unspecified atom stereocenters. The van der Waals surface area contributed by atoms with Gasteiger partial charge in [-0.1, -0.05) is 85.0 Å². The molecule has 0 spiro atoms. The van der Waals surface area contributed by atoms with Crippen molar-refractivity contribution in [1.82, 2.24) is 0 Å². The predicted molar refractivity (Wildman–Crippen MR) is 66.4 cm³/mol. The summed E-state index contributed by atoms with van der Waals surface area (Å²) < 4.78 is 0. The van der Waals surface area contributed by atoms with E-state index in [2.05, 4.69) is 20.8 Å². The summed E-state index contributed by atoms with van der Waals surface area (Å²) in [5, 5.41) is 0. The molecule has 0 aromatic rings. The van der Waals surface area contributed by atoms with Crippen molar-refractivity contribution >= 4 is 0 Å². The van der Waals surface area contributed by atoms with Crippen LogP contribution in [0.15, 0.2) is 0 Å². The summed E-state index contributed by atoms with van der Waals surface area (Å²) in [4.78, 5) is 0. The lowest BCUT2D eigenvalue weighted by Crippen LogP contribution is -1.99. The molecule has 0 aliphatic carbocycles. The predicted octanol–water partition coefficient (Wildman–Crippen LogP) is 5.38. The van der Waals surface area contributed by atoms with Gasteiger partial charge in [0, 0.05) is 0 Å². The maximum Gasteiger partial charge on any atom is -0.0414 e. The van der Waals surface area contributed by atoms with Crippen molar-refractivity contribution in [2.45, 2.75) is 78.1 Å². The fourth-order valence-electron chi connectivity index (χ4n) is 2.17. The highest BCUT2D eigenvalue weighted by Crippen LogP contribution is 2.20. The van der Waals surface area contributed by atoms with E-state index in [1.54, 1.807) is 0 Å². The Morgan fingerprint density at radius 3 is 2.07 bits per heavy atom. The van der Waals surface area contributed by atoms with Crippen molar-refractivity contribution in [3.8, 4) is 0 Å². The Hall–Kier alpha value is 0. The highest BCUT2D eigenvalue weighted by atomic mass is 14.1. The van der Waals surface area contributed by atoms with E-state index in [1.165, 1.54) is 57.8 Å². The van der Waals surface area contributed by atoms with E-state index < -0.39 is 0 Å². The van der Waals surface area contributed by atoms with Crippen molar-refractivity contribution in [3.05, 3.63) is 6.92 Å². The molecule has 0 aromatic heterocycles. The Balaban J connectivity index is 3.30. The monoisotopic (exact) mass is 197 g/mol. The minimum Gasteiger partial charge on any atom is -0.0654 e. The van der Waals surface area contributed by atoms with Crippen molar-refractivity contribution < 1.29 is 0 Å². The van der Waals surface area contributed by atoms with Crippen molar-refractivity contribution in [2.24, 2.45) is 5.92 Å². The summed E-state index contributed by atoms with van der Waals surface area (Å²) in [6.45, 7) is 8.54. The van der Waals surface area contributed by atoms with Crippen molar-refractivity contribution in [1.29, 1.82) is 0 Å². The summed E-state index contributed by atoms with van der Waals surface area (Å²) in [5.41, 5.74) is 0. The molecule has 0 aromatic carbocycles. The van der Waals surface area contributed by atoms with Gasteiger partial charge in [0.15, 0.2) is 0 Å². The average molecular weight is 197 g/mol. The summed E-state index contributed by atoms with van der Waals surface area (Å²) in [5.74, 6) is 0.971. The fourth-order valence-corrected chi connectivity index (χ4v) is 2.17. The highest BCUT2D eigenvalue weighted by Gasteiger charge is 2.05. The standard InChI is InChI=1S/C14H29/c1-4-7-8-9-10-13-14(11-5-2)12-6-3/h14H,2,4-13H2,1,3H3. The Kier molecular flexibility index (Phi) is 11.1. The number of hydrogen-bond acceptors (Lipinski definition) is 0. The van der Waals surface area contributed by atoms with Gasteiger partial charge in [0.1, 0.15) is 0 Å². The topological polar surface area (TPSA) is 0 Å². The molecule has 0 aliphatic rings. The molecule has 1 radical (unpaired) electrons. The Morgan fingerprint density at radius 2 is 1.50 bits per heavy atom. The van der Waals surface area contributed by atoms with Gasteiger partial charge in [-0.2, -0.15) is 0 Å². The lowest BCUT2D eigenvalue weighted by Gasteiger charge is -2.14. The van der Waals surface area contributed by atoms with Crippen LogP contribution in [0, 0.1) is 12.8 Å². The van der Waals surface area contributed by atoms with Gasteiger partial charge in [-0.25, -0.2) is 0 Å². The van der Waals surface area contributed by atoms with Gasteiger partial charge in [0.05, 0.1) is 0 Å². The lowest BCUT2D eigenvalue weighted by molar-refractivity contribution is 0.397. The molecule has 0 bridgehead atoms. The second kappa shape index (κ2) is 11.1. The van der Waals surface area contributed by atoms with Crippen LogP contribution < -0.4 is 0 Å². The van der Waals surface area contributed by atoms with Crippen molar-refractivity contribution in [3.63, 3.8) is 0 Å². The minimum atomic E-state index is 0.971. The molecular formula is C14H29. The number of unbranched alkanes of at least 4 members (excludes halogenated alkanes) is 4. The van der Waals surface area contributed by atoms with E-state index in [1.807, 2.05) is 0 Å². The maximum atomic E-state index is 3.97. The maximum absolute atomic E-state index is 3.97. The molecule has 14 heavy (non-hydrogen) atoms. The summed E-state index contributed by atoms with van der Waals surface area (Å²) in [6, 6.07) is 0. The zero-order valence-electron chi connectivity index (χ0n) is 10.4. The molecule has 0 heteroatoms. The molecule has 0 saturated carbocycles. The average Bonchev–Trinajstić information content (AvgIpc) is 2.18. The van der Waals surface area contributed by atoms with Crippen LogP contribution >= 0.6 is 0 Å². The number of hydrogen-bond donors (Lipinski definition) is 0. The van der Waals surface area contributed by atoms with Crippen LogP contribution in [0.1, 0.15) is 78.1 Å². The van der Waals surface area contributed by atoms with Gasteiger partial charge < -0.3 is 0 Å². The van der Waals surface area contributed by atoms with Gasteiger partial charge in [-0.05, 0) is 5.92 Å². The molecule has 0 fully saturated rings. The highest BCUT2D eigenvalue weighted by molar-refractivity contribution is 4.60. The second-order valence-corrected chi connectivity index (χ2v) is 4.50. The third-order valence-electron chi connectivity index (χ3n) is 3.03. The van der Waals surface area contributed by atoms with Crippen LogP contribution in [0.3, 0.4) is 0 Å². The van der Waals surface area contributed by atoms with Crippen LogP contribution in [-0.2, 0) is 0 Å². The first-order chi connectivity index (χ1) is 6.85. The minimum absolute atomic E-state index is 0.971. The van der Waals surface area contributed by atoms with E-state index in [4.69, 9.17) is 0 Å². The second-order valence-electron chi connectivity index (χ2n) is 4.50. The summed E-state index contributed by atoms with van der Waals surface area (Å²) in [7, 11) is 0. The normalized spacial score (nSPS) is 11.1. The summed E-state index contributed by atoms with van der Waals surface area (Å²) >= 11 is 0. The SMILES string of the molecule is [CH2]CCC(CCC)CCCCCCC. The molecule has 0 N–H and O–H groups in total. The number of rotatable bonds is 10. The van der Waals surface area contributed by atoms with Gasteiger partial charge in [-0.3, -0.25) is 0 Å². The smallest absolute Gasteiger partial charge is 0.0414 e. The zero-order valence-corrected chi connectivity index (χ0v) is 10.4. The Labute approximate surface area is 91.5 Å². The third kappa shape index (κ3) is 8.59. The first-order valence-corrected chi connectivity index (χ1v) is 6.64. The van der Waals surface area contributed by atoms with Gasteiger partial charge >= 0.3 is 0 Å². The molecule has 0 rings (SSSR count). The van der Waals surface area contributed by atoms with Crippen LogP contribution in [0.25, 0.3) is 0 Å². The quantitative estimate of drug-likeness (QED) is 0.413. The van der Waals surface area contributed by atoms with E-state index in [9.17, 15) is 0 Å². The van der Waals surface area contributed by atoms with Gasteiger partial charge in [-0.15, -0.1) is 0 Å². The zero-order chi connectivity index (χ0) is 10.6. The van der Waals surface area contributed by atoms with Gasteiger partial charge in [0.25, 0.3) is 0 Å². The largest absolute Gasteiger partial charge is 0.0654 e. The molecule has 0 nitrogen and oxygen atoms in total. The van der Waals surface area contributed by atoms with Crippen LogP contribution in [0.2, 0.25) is 0 Å². The van der Waals surface area contributed by atoms with Crippen LogP contribution in [0.5, 0.6) is 0 Å². The van der Waals surface area contributed by atoms with Gasteiger partial charge in [0.2, 0.25) is 0 Å². The molecule has 0 saturated heterocycles. The molecule has 1 atom stereocenters. The van der Waals surface area contributed by atoms with Crippen molar-refractivity contribution in [2.75, 3.05) is 0 Å². The molecular weight excluding hydrogens is 168 g/mol. The van der Waals surface area contributed by atoms with Crippen LogP contribution in [-0.4, -0.2) is 0 Å². The van der Waals surface area contributed by atoms with E-state index in [0.717, 1.165) is 12.3 Å². The molecule has 0 aliphatic heterocycles. The Morgan fingerprint density at radius 1 is 0.786 bits per heavy atom. The Bertz CT molecular complexity index is 90.2. The molecule has 85 valence electrons. The first-order valence-electron chi connectivity index (χ1n) is 6.64. The lowest BCUT2D eigenvalue weighted by atomic mass is 9.92. The molecule has 0 heterocycles. The summed E-state index contributed by atoms with van der Waals surface area (Å²) in [6.07, 6.45) is 13.8. The van der Waals surface area contributed by atoms with Crippen LogP contribution in [0.4, 0.5) is 0 Å².